The number of primary amides is 1. The topological polar surface area (TPSA) is 64.3 Å². The van der Waals surface area contributed by atoms with Crippen LogP contribution in [-0.2, 0) is 9.53 Å². The smallest absolute Gasteiger partial charge is 0.217 e. The number of carbonyl (C=O) groups is 1. The van der Waals surface area contributed by atoms with E-state index in [4.69, 9.17) is 10.5 Å². The number of hydrogen-bond acceptors (Lipinski definition) is 3. The maximum atomic E-state index is 10.5. The summed E-state index contributed by atoms with van der Waals surface area (Å²) in [5.41, 5.74) is 5.06. The Morgan fingerprint density at radius 1 is 0.958 bits per heavy atom. The predicted molar refractivity (Wildman–Crippen MR) is 105 cm³/mol. The molecule has 0 spiro atoms. The minimum Gasteiger partial charge on any atom is -0.379 e. The number of rotatable bonds is 16. The molecule has 4 heteroatoms. The van der Waals surface area contributed by atoms with E-state index in [1.807, 2.05) is 7.05 Å². The molecule has 0 aromatic carbocycles. The van der Waals surface area contributed by atoms with Crippen molar-refractivity contribution in [3.8, 4) is 0 Å². The standard InChI is InChI=1S/C12H26N2O.C8H18O/c1-14-11-9-7-5-3-2-4-6-8-10-12(13)15;1-4-7-8(5-2)9-6-3/h14H,2-11H2,1H3,(H2,13,15);8H,4-7H2,1-3H3. The van der Waals surface area contributed by atoms with Crippen LogP contribution in [0.1, 0.15) is 97.8 Å². The Labute approximate surface area is 151 Å². The van der Waals surface area contributed by atoms with Gasteiger partial charge >= 0.3 is 0 Å². The van der Waals surface area contributed by atoms with Gasteiger partial charge in [0.05, 0.1) is 6.10 Å². The third-order valence-electron chi connectivity index (χ3n) is 4.07. The fourth-order valence-corrected chi connectivity index (χ4v) is 2.62. The quantitative estimate of drug-likeness (QED) is 0.395. The molecule has 1 atom stereocenters. The molecule has 0 fully saturated rings. The van der Waals surface area contributed by atoms with Crippen LogP contribution in [0.4, 0.5) is 0 Å². The average Bonchev–Trinajstić information content (AvgIpc) is 2.56. The maximum Gasteiger partial charge on any atom is 0.217 e. The molecule has 0 aliphatic heterocycles. The Hall–Kier alpha value is -0.610. The van der Waals surface area contributed by atoms with Gasteiger partial charge in [0.2, 0.25) is 5.91 Å². The highest BCUT2D eigenvalue weighted by atomic mass is 16.5. The van der Waals surface area contributed by atoms with E-state index in [0.29, 0.717) is 12.5 Å². The summed E-state index contributed by atoms with van der Waals surface area (Å²) in [6.45, 7) is 8.42. The van der Waals surface area contributed by atoms with Crippen molar-refractivity contribution >= 4 is 5.91 Å². The van der Waals surface area contributed by atoms with Crippen molar-refractivity contribution < 1.29 is 9.53 Å². The summed E-state index contributed by atoms with van der Waals surface area (Å²) in [7, 11) is 2.00. The van der Waals surface area contributed by atoms with E-state index < -0.39 is 0 Å². The molecule has 1 amide bonds. The van der Waals surface area contributed by atoms with Crippen LogP contribution in [0.15, 0.2) is 0 Å². The molecule has 24 heavy (non-hydrogen) atoms. The lowest BCUT2D eigenvalue weighted by molar-refractivity contribution is -0.118. The number of ether oxygens (including phenoxy) is 1. The second kappa shape index (κ2) is 22.4. The molecular weight excluding hydrogens is 300 g/mol. The van der Waals surface area contributed by atoms with E-state index in [1.165, 1.54) is 51.4 Å². The summed E-state index contributed by atoms with van der Waals surface area (Å²) in [6, 6.07) is 0. The summed E-state index contributed by atoms with van der Waals surface area (Å²) in [4.78, 5) is 10.5. The zero-order chi connectivity index (χ0) is 18.5. The summed E-state index contributed by atoms with van der Waals surface area (Å²) >= 11 is 0. The van der Waals surface area contributed by atoms with E-state index in [0.717, 1.165) is 32.4 Å². The molecular formula is C20H44N2O2. The van der Waals surface area contributed by atoms with Crippen molar-refractivity contribution in [1.82, 2.24) is 5.32 Å². The fraction of sp³-hybridized carbons (Fsp3) is 0.950. The number of carbonyl (C=O) groups excluding carboxylic acids is 1. The molecule has 0 saturated heterocycles. The zero-order valence-electron chi connectivity index (χ0n) is 16.9. The van der Waals surface area contributed by atoms with Gasteiger partial charge in [-0.2, -0.15) is 0 Å². The molecule has 1 unspecified atom stereocenters. The molecule has 0 aliphatic rings. The molecule has 4 nitrogen and oxygen atoms in total. The number of hydrogen-bond donors (Lipinski definition) is 2. The van der Waals surface area contributed by atoms with Crippen molar-refractivity contribution in [2.24, 2.45) is 5.73 Å². The van der Waals surface area contributed by atoms with E-state index in [2.05, 4.69) is 26.1 Å². The summed E-state index contributed by atoms with van der Waals surface area (Å²) in [5.74, 6) is -0.165. The molecule has 0 aromatic rings. The minimum absolute atomic E-state index is 0.165. The Morgan fingerprint density at radius 2 is 1.50 bits per heavy atom. The van der Waals surface area contributed by atoms with E-state index >= 15 is 0 Å². The molecule has 146 valence electrons. The summed E-state index contributed by atoms with van der Waals surface area (Å²) in [6.07, 6.45) is 14.6. The third-order valence-corrected chi connectivity index (χ3v) is 4.07. The van der Waals surface area contributed by atoms with Gasteiger partial charge in [0.1, 0.15) is 0 Å². The van der Waals surface area contributed by atoms with Crippen LogP contribution in [0.5, 0.6) is 0 Å². The first-order valence-electron chi connectivity index (χ1n) is 10.2. The van der Waals surface area contributed by atoms with Crippen LogP contribution in [0.25, 0.3) is 0 Å². The number of nitrogens with two attached hydrogens (primary N) is 1. The van der Waals surface area contributed by atoms with Gasteiger partial charge in [0.25, 0.3) is 0 Å². The molecule has 3 N–H and O–H groups in total. The monoisotopic (exact) mass is 344 g/mol. The number of unbranched alkanes of at least 4 members (excludes halogenated alkanes) is 7. The lowest BCUT2D eigenvalue weighted by atomic mass is 10.1. The lowest BCUT2D eigenvalue weighted by Gasteiger charge is -2.12. The van der Waals surface area contributed by atoms with Crippen LogP contribution in [-0.4, -0.2) is 32.2 Å². The van der Waals surface area contributed by atoms with Gasteiger partial charge in [0, 0.05) is 13.0 Å². The van der Waals surface area contributed by atoms with Gasteiger partial charge in [-0.3, -0.25) is 4.79 Å². The minimum atomic E-state index is -0.165. The van der Waals surface area contributed by atoms with Gasteiger partial charge in [-0.1, -0.05) is 58.8 Å². The van der Waals surface area contributed by atoms with Crippen molar-refractivity contribution in [1.29, 1.82) is 0 Å². The van der Waals surface area contributed by atoms with E-state index in [1.54, 1.807) is 0 Å². The van der Waals surface area contributed by atoms with Gasteiger partial charge in [-0.05, 0) is 46.2 Å². The highest BCUT2D eigenvalue weighted by molar-refractivity contribution is 5.73. The van der Waals surface area contributed by atoms with Crippen LogP contribution in [0, 0.1) is 0 Å². The Morgan fingerprint density at radius 3 is 1.92 bits per heavy atom. The first kappa shape index (κ1) is 25.6. The van der Waals surface area contributed by atoms with Gasteiger partial charge in [-0.25, -0.2) is 0 Å². The van der Waals surface area contributed by atoms with Crippen molar-refractivity contribution in [2.75, 3.05) is 20.2 Å². The first-order chi connectivity index (χ1) is 11.6. The van der Waals surface area contributed by atoms with E-state index in [9.17, 15) is 4.79 Å². The highest BCUT2D eigenvalue weighted by Crippen LogP contribution is 2.09. The molecule has 0 rings (SSSR count). The van der Waals surface area contributed by atoms with Gasteiger partial charge < -0.3 is 15.8 Å². The Balaban J connectivity index is 0. The van der Waals surface area contributed by atoms with Crippen LogP contribution in [0.3, 0.4) is 0 Å². The SMILES string of the molecule is CCCC(CC)OCC.CNCCCCCCCCCCC(N)=O. The Bertz CT molecular complexity index is 242. The third kappa shape index (κ3) is 23.7. The molecule has 0 aromatic heterocycles. The zero-order valence-corrected chi connectivity index (χ0v) is 16.9. The van der Waals surface area contributed by atoms with Crippen molar-refractivity contribution in [3.05, 3.63) is 0 Å². The van der Waals surface area contributed by atoms with Gasteiger partial charge in [-0.15, -0.1) is 0 Å². The van der Waals surface area contributed by atoms with Crippen LogP contribution in [0.2, 0.25) is 0 Å². The second-order valence-corrected chi connectivity index (χ2v) is 6.42. The second-order valence-electron chi connectivity index (χ2n) is 6.42. The predicted octanol–water partition coefficient (Wildman–Crippen LogP) is 4.80. The maximum absolute atomic E-state index is 10.5. The highest BCUT2D eigenvalue weighted by Gasteiger charge is 2.01. The fourth-order valence-electron chi connectivity index (χ4n) is 2.62. The summed E-state index contributed by atoms with van der Waals surface area (Å²) < 4.78 is 5.43. The first-order valence-corrected chi connectivity index (χ1v) is 10.2. The van der Waals surface area contributed by atoms with Crippen molar-refractivity contribution in [2.45, 2.75) is 104 Å². The summed E-state index contributed by atoms with van der Waals surface area (Å²) in [5, 5.41) is 3.15. The molecule has 0 aliphatic carbocycles. The number of nitrogens with one attached hydrogen (secondary N) is 1. The molecule has 0 radical (unpaired) electrons. The van der Waals surface area contributed by atoms with Gasteiger partial charge in [0.15, 0.2) is 0 Å². The molecule has 0 bridgehead atoms. The van der Waals surface area contributed by atoms with Crippen LogP contribution >= 0.6 is 0 Å². The van der Waals surface area contributed by atoms with Crippen LogP contribution < -0.4 is 11.1 Å². The largest absolute Gasteiger partial charge is 0.379 e. The van der Waals surface area contributed by atoms with Crippen molar-refractivity contribution in [3.63, 3.8) is 0 Å². The van der Waals surface area contributed by atoms with E-state index in [-0.39, 0.29) is 5.91 Å². The average molecular weight is 345 g/mol. The molecule has 0 heterocycles. The Kier molecular flexibility index (Phi) is 23.9. The lowest BCUT2D eigenvalue weighted by Crippen LogP contribution is -2.10. The normalized spacial score (nSPS) is 11.7. The number of amides is 1. The molecule has 0 saturated carbocycles.